The summed E-state index contributed by atoms with van der Waals surface area (Å²) in [4.78, 5) is 2.27. The largest absolute Gasteiger partial charge is 0.462 e. The van der Waals surface area contributed by atoms with E-state index in [-0.39, 0.29) is 0 Å². The van der Waals surface area contributed by atoms with E-state index >= 15 is 0 Å². The van der Waals surface area contributed by atoms with Gasteiger partial charge >= 0.3 is 0 Å². The number of aliphatic hydroxyl groups is 1. The van der Waals surface area contributed by atoms with Gasteiger partial charge < -0.3 is 14.3 Å². The van der Waals surface area contributed by atoms with Gasteiger partial charge in [-0.15, -0.1) is 0 Å². The molecular weight excluding hydrogens is 278 g/mol. The fourth-order valence-corrected chi connectivity index (χ4v) is 2.29. The van der Waals surface area contributed by atoms with Crippen molar-refractivity contribution in [3.05, 3.63) is 59.5 Å². The van der Waals surface area contributed by atoms with E-state index in [9.17, 15) is 5.11 Å². The fraction of sp³-hybridized carbons (Fsp3) is 0.444. The molecule has 0 aliphatic rings. The van der Waals surface area contributed by atoms with Gasteiger partial charge in [-0.05, 0) is 31.5 Å². The minimum Gasteiger partial charge on any atom is -0.462 e. The normalized spacial score (nSPS) is 12.0. The maximum Gasteiger partial charge on any atom is 0.135 e. The van der Waals surface area contributed by atoms with E-state index in [4.69, 9.17) is 9.15 Å². The predicted molar refractivity (Wildman–Crippen MR) is 86.4 cm³/mol. The molecule has 4 heteroatoms. The number of furan rings is 1. The Hall–Kier alpha value is -1.62. The zero-order valence-electron chi connectivity index (χ0n) is 13.6. The number of hydrogen-bond donors (Lipinski definition) is 1. The third kappa shape index (κ3) is 4.98. The first-order chi connectivity index (χ1) is 10.5. The van der Waals surface area contributed by atoms with Gasteiger partial charge in [-0.2, -0.15) is 0 Å². The SMILES string of the molecule is COCCN(Cc1ccccc1)Cc1ccc(C(C)(C)O)o1. The van der Waals surface area contributed by atoms with E-state index in [1.807, 2.05) is 30.3 Å². The molecule has 0 radical (unpaired) electrons. The van der Waals surface area contributed by atoms with Gasteiger partial charge in [0.25, 0.3) is 0 Å². The van der Waals surface area contributed by atoms with E-state index < -0.39 is 5.60 Å². The standard InChI is InChI=1S/C18H25NO3/c1-18(2,20)17-10-9-16(22-17)14-19(11-12-21-3)13-15-7-5-4-6-8-15/h4-10,20H,11-14H2,1-3H3. The molecule has 0 unspecified atom stereocenters. The van der Waals surface area contributed by atoms with E-state index in [0.29, 0.717) is 18.9 Å². The summed E-state index contributed by atoms with van der Waals surface area (Å²) < 4.78 is 11.0. The predicted octanol–water partition coefficient (Wildman–Crippen LogP) is 3.16. The molecule has 1 heterocycles. The van der Waals surface area contributed by atoms with Crippen molar-refractivity contribution in [2.24, 2.45) is 0 Å². The van der Waals surface area contributed by atoms with Crippen molar-refractivity contribution in [3.8, 4) is 0 Å². The first-order valence-electron chi connectivity index (χ1n) is 7.56. The summed E-state index contributed by atoms with van der Waals surface area (Å²) in [5.41, 5.74) is 0.308. The van der Waals surface area contributed by atoms with Crippen LogP contribution in [0, 0.1) is 0 Å². The lowest BCUT2D eigenvalue weighted by atomic mass is 10.1. The first-order valence-corrected chi connectivity index (χ1v) is 7.56. The van der Waals surface area contributed by atoms with Crippen molar-refractivity contribution in [2.45, 2.75) is 32.5 Å². The second-order valence-electron chi connectivity index (χ2n) is 6.01. The Morgan fingerprint density at radius 1 is 1.09 bits per heavy atom. The molecule has 4 nitrogen and oxygen atoms in total. The van der Waals surface area contributed by atoms with Crippen LogP contribution in [-0.2, 0) is 23.4 Å². The highest BCUT2D eigenvalue weighted by Gasteiger charge is 2.21. The van der Waals surface area contributed by atoms with Crippen LogP contribution in [0.15, 0.2) is 46.9 Å². The Kier molecular flexibility index (Phi) is 5.77. The van der Waals surface area contributed by atoms with Crippen LogP contribution < -0.4 is 0 Å². The van der Waals surface area contributed by atoms with Crippen LogP contribution in [-0.4, -0.2) is 30.3 Å². The fourth-order valence-electron chi connectivity index (χ4n) is 2.29. The van der Waals surface area contributed by atoms with Crippen molar-refractivity contribution in [1.29, 1.82) is 0 Å². The van der Waals surface area contributed by atoms with Crippen LogP contribution in [0.1, 0.15) is 30.9 Å². The van der Waals surface area contributed by atoms with Crippen molar-refractivity contribution < 1.29 is 14.3 Å². The molecule has 1 aromatic heterocycles. The van der Waals surface area contributed by atoms with Gasteiger partial charge in [0.2, 0.25) is 0 Å². The summed E-state index contributed by atoms with van der Waals surface area (Å²) in [7, 11) is 1.71. The van der Waals surface area contributed by atoms with Gasteiger partial charge in [0.05, 0.1) is 13.2 Å². The molecule has 0 saturated heterocycles. The van der Waals surface area contributed by atoms with Crippen molar-refractivity contribution in [3.63, 3.8) is 0 Å². The summed E-state index contributed by atoms with van der Waals surface area (Å²) in [5.74, 6) is 1.44. The van der Waals surface area contributed by atoms with Crippen LogP contribution in [0.5, 0.6) is 0 Å². The molecule has 0 fully saturated rings. The molecule has 0 spiro atoms. The Labute approximate surface area is 132 Å². The van der Waals surface area contributed by atoms with E-state index in [1.54, 1.807) is 21.0 Å². The molecule has 0 saturated carbocycles. The lowest BCUT2D eigenvalue weighted by molar-refractivity contribution is 0.0511. The Morgan fingerprint density at radius 2 is 1.82 bits per heavy atom. The van der Waals surface area contributed by atoms with Crippen molar-refractivity contribution in [1.82, 2.24) is 4.90 Å². The lowest BCUT2D eigenvalue weighted by Crippen LogP contribution is -2.26. The summed E-state index contributed by atoms with van der Waals surface area (Å²) in [6.45, 7) is 6.47. The molecular formula is C18H25NO3. The van der Waals surface area contributed by atoms with Crippen molar-refractivity contribution >= 4 is 0 Å². The van der Waals surface area contributed by atoms with Crippen LogP contribution in [0.2, 0.25) is 0 Å². The van der Waals surface area contributed by atoms with Crippen LogP contribution >= 0.6 is 0 Å². The zero-order chi connectivity index (χ0) is 16.0. The quantitative estimate of drug-likeness (QED) is 0.813. The summed E-state index contributed by atoms with van der Waals surface area (Å²) in [6, 6.07) is 14.1. The zero-order valence-corrected chi connectivity index (χ0v) is 13.6. The van der Waals surface area contributed by atoms with Gasteiger partial charge in [0.15, 0.2) is 0 Å². The molecule has 0 aliphatic carbocycles. The van der Waals surface area contributed by atoms with Crippen LogP contribution in [0.3, 0.4) is 0 Å². The Bertz CT molecular complexity index is 557. The average molecular weight is 303 g/mol. The maximum absolute atomic E-state index is 9.99. The second kappa shape index (κ2) is 7.58. The van der Waals surface area contributed by atoms with Gasteiger partial charge in [-0.3, -0.25) is 4.90 Å². The van der Waals surface area contributed by atoms with Gasteiger partial charge in [0, 0.05) is 20.2 Å². The minimum absolute atomic E-state index is 0.592. The smallest absolute Gasteiger partial charge is 0.135 e. The second-order valence-corrected chi connectivity index (χ2v) is 6.01. The highest BCUT2D eigenvalue weighted by atomic mass is 16.5. The monoisotopic (exact) mass is 303 g/mol. The lowest BCUT2D eigenvalue weighted by Gasteiger charge is -2.21. The minimum atomic E-state index is -0.949. The number of rotatable bonds is 8. The molecule has 0 aliphatic heterocycles. The van der Waals surface area contributed by atoms with Gasteiger partial charge in [-0.1, -0.05) is 30.3 Å². The third-order valence-electron chi connectivity index (χ3n) is 3.50. The molecule has 120 valence electrons. The molecule has 2 rings (SSSR count). The number of nitrogens with zero attached hydrogens (tertiary/aromatic N) is 1. The molecule has 22 heavy (non-hydrogen) atoms. The molecule has 0 atom stereocenters. The average Bonchev–Trinajstić information content (AvgIpc) is 2.94. The van der Waals surface area contributed by atoms with Crippen molar-refractivity contribution in [2.75, 3.05) is 20.3 Å². The summed E-state index contributed by atoms with van der Waals surface area (Å²) >= 11 is 0. The maximum atomic E-state index is 9.99. The Morgan fingerprint density at radius 3 is 2.41 bits per heavy atom. The van der Waals surface area contributed by atoms with Crippen LogP contribution in [0.25, 0.3) is 0 Å². The molecule has 0 bridgehead atoms. The molecule has 1 N–H and O–H groups in total. The van der Waals surface area contributed by atoms with Gasteiger partial charge in [0.1, 0.15) is 17.1 Å². The Balaban J connectivity index is 2.04. The third-order valence-corrected chi connectivity index (χ3v) is 3.50. The van der Waals surface area contributed by atoms with E-state index in [1.165, 1.54) is 5.56 Å². The number of hydrogen-bond acceptors (Lipinski definition) is 4. The van der Waals surface area contributed by atoms with Crippen LogP contribution in [0.4, 0.5) is 0 Å². The molecule has 0 amide bonds. The summed E-state index contributed by atoms with van der Waals surface area (Å²) in [5, 5.41) is 9.99. The number of ether oxygens (including phenoxy) is 1. The highest BCUT2D eigenvalue weighted by molar-refractivity contribution is 5.15. The first kappa shape index (κ1) is 16.7. The number of methoxy groups -OCH3 is 1. The molecule has 1 aromatic carbocycles. The topological polar surface area (TPSA) is 45.8 Å². The number of benzene rings is 1. The van der Waals surface area contributed by atoms with E-state index in [2.05, 4.69) is 17.0 Å². The van der Waals surface area contributed by atoms with Gasteiger partial charge in [-0.25, -0.2) is 0 Å². The van der Waals surface area contributed by atoms with E-state index in [0.717, 1.165) is 18.8 Å². The summed E-state index contributed by atoms with van der Waals surface area (Å²) in [6.07, 6.45) is 0. The highest BCUT2D eigenvalue weighted by Crippen LogP contribution is 2.23. The molecule has 2 aromatic rings.